The Bertz CT molecular complexity index is 742. The number of rotatable bonds is 8. The van der Waals surface area contributed by atoms with Crippen LogP contribution in [0.4, 0.5) is 0 Å². The third-order valence-corrected chi connectivity index (χ3v) is 4.37. The van der Waals surface area contributed by atoms with E-state index in [1.54, 1.807) is 16.7 Å². The Morgan fingerprint density at radius 3 is 2.68 bits per heavy atom. The molecule has 0 bridgehead atoms. The molecule has 2 aromatic rings. The summed E-state index contributed by atoms with van der Waals surface area (Å²) in [6.07, 6.45) is 2.01. The fourth-order valence-corrected chi connectivity index (χ4v) is 3.17. The van der Waals surface area contributed by atoms with Gasteiger partial charge in [0, 0.05) is 12.6 Å². The molecule has 136 valence electrons. The van der Waals surface area contributed by atoms with Gasteiger partial charge in [-0.2, -0.15) is 11.8 Å². The summed E-state index contributed by atoms with van der Waals surface area (Å²) in [5.41, 5.74) is 1.84. The number of nitrogens with zero attached hydrogens (tertiary/aromatic N) is 3. The number of likely N-dealkylation sites (N-methyl/N-ethyl adjacent to an activating group) is 1. The van der Waals surface area contributed by atoms with Gasteiger partial charge in [0.25, 0.3) is 0 Å². The molecule has 0 fully saturated rings. The van der Waals surface area contributed by atoms with Gasteiger partial charge in [0.05, 0.1) is 23.3 Å². The molecule has 6 nitrogen and oxygen atoms in total. The average molecular weight is 362 g/mol. The molecule has 0 spiro atoms. The minimum absolute atomic E-state index is 0.0621. The number of para-hydroxylation sites is 2. The lowest BCUT2D eigenvalue weighted by Crippen LogP contribution is -2.43. The van der Waals surface area contributed by atoms with E-state index in [2.05, 4.69) is 10.3 Å². The number of carbonyl (C=O) groups is 2. The second-order valence-corrected chi connectivity index (χ2v) is 7.03. The van der Waals surface area contributed by atoms with Crippen molar-refractivity contribution < 1.29 is 9.59 Å². The van der Waals surface area contributed by atoms with Crippen molar-refractivity contribution in [1.82, 2.24) is 19.8 Å². The molecule has 25 heavy (non-hydrogen) atoms. The normalized spacial score (nSPS) is 11.1. The Balaban J connectivity index is 2.19. The number of fused-ring (bicyclic) bond motifs is 1. The molecule has 0 aliphatic heterocycles. The predicted octanol–water partition coefficient (Wildman–Crippen LogP) is 2.27. The van der Waals surface area contributed by atoms with Crippen LogP contribution in [-0.2, 0) is 21.9 Å². The zero-order valence-corrected chi connectivity index (χ0v) is 16.1. The molecule has 0 saturated carbocycles. The predicted molar refractivity (Wildman–Crippen MR) is 102 cm³/mol. The minimum Gasteiger partial charge on any atom is -0.352 e. The molecule has 0 saturated heterocycles. The van der Waals surface area contributed by atoms with Crippen molar-refractivity contribution in [3.05, 3.63) is 30.1 Å². The fourth-order valence-electron chi connectivity index (χ4n) is 2.69. The third-order valence-electron chi connectivity index (χ3n) is 3.82. The second-order valence-electron chi connectivity index (χ2n) is 6.17. The maximum absolute atomic E-state index is 12.8. The summed E-state index contributed by atoms with van der Waals surface area (Å²) in [5.74, 6) is 1.41. The number of hydrogen-bond acceptors (Lipinski definition) is 4. The fraction of sp³-hybridized carbons (Fsp3) is 0.500. The van der Waals surface area contributed by atoms with Crippen molar-refractivity contribution in [3.8, 4) is 0 Å². The first-order chi connectivity index (χ1) is 12.0. The van der Waals surface area contributed by atoms with Gasteiger partial charge in [0.2, 0.25) is 11.8 Å². The maximum Gasteiger partial charge on any atom is 0.243 e. The molecule has 1 heterocycles. The van der Waals surface area contributed by atoms with Crippen LogP contribution in [0.3, 0.4) is 0 Å². The topological polar surface area (TPSA) is 67.2 Å². The summed E-state index contributed by atoms with van der Waals surface area (Å²) in [7, 11) is 0. The van der Waals surface area contributed by atoms with Crippen LogP contribution in [0.2, 0.25) is 0 Å². The van der Waals surface area contributed by atoms with Crippen LogP contribution < -0.4 is 5.32 Å². The summed E-state index contributed by atoms with van der Waals surface area (Å²) in [6.45, 7) is 6.46. The Morgan fingerprint density at radius 2 is 2.04 bits per heavy atom. The van der Waals surface area contributed by atoms with E-state index in [0.717, 1.165) is 22.6 Å². The molecule has 0 radical (unpaired) electrons. The molecular formula is C18H26N4O2S. The third kappa shape index (κ3) is 4.98. The number of amides is 2. The molecule has 2 amide bonds. The lowest BCUT2D eigenvalue weighted by atomic mass is 10.3. The Hall–Kier alpha value is -2.02. The van der Waals surface area contributed by atoms with Crippen LogP contribution in [-0.4, -0.2) is 51.7 Å². The van der Waals surface area contributed by atoms with Crippen LogP contribution >= 0.6 is 11.8 Å². The molecule has 0 unspecified atom stereocenters. The molecular weight excluding hydrogens is 336 g/mol. The number of benzene rings is 1. The van der Waals surface area contributed by atoms with Gasteiger partial charge in [0.15, 0.2) is 0 Å². The van der Waals surface area contributed by atoms with E-state index < -0.39 is 0 Å². The summed E-state index contributed by atoms with van der Waals surface area (Å²) >= 11 is 1.67. The van der Waals surface area contributed by atoms with Crippen molar-refractivity contribution in [3.63, 3.8) is 0 Å². The van der Waals surface area contributed by atoms with Gasteiger partial charge in [-0.05, 0) is 39.2 Å². The lowest BCUT2D eigenvalue weighted by molar-refractivity contribution is -0.136. The standard InChI is InChI=1S/C18H26N4O2S/c1-5-21(10-17(23)19-13(2)3)18(24)11-22-15-9-7-6-8-14(15)20-16(22)12-25-4/h6-9,13H,5,10-12H2,1-4H3,(H,19,23). The summed E-state index contributed by atoms with van der Waals surface area (Å²) in [6, 6.07) is 7.88. The Labute approximate surface area is 153 Å². The molecule has 0 aliphatic carbocycles. The number of carbonyl (C=O) groups excluding carboxylic acids is 2. The van der Waals surface area contributed by atoms with E-state index in [9.17, 15) is 9.59 Å². The van der Waals surface area contributed by atoms with Gasteiger partial charge in [0.1, 0.15) is 12.4 Å². The van der Waals surface area contributed by atoms with E-state index in [4.69, 9.17) is 0 Å². The summed E-state index contributed by atoms with van der Waals surface area (Å²) in [5, 5.41) is 2.83. The highest BCUT2D eigenvalue weighted by atomic mass is 32.2. The number of aromatic nitrogens is 2. The van der Waals surface area contributed by atoms with Crippen molar-refractivity contribution in [2.24, 2.45) is 0 Å². The SMILES string of the molecule is CCN(CC(=O)NC(C)C)C(=O)Cn1c(CSC)nc2ccccc21. The summed E-state index contributed by atoms with van der Waals surface area (Å²) < 4.78 is 1.96. The van der Waals surface area contributed by atoms with Crippen LogP contribution in [0, 0.1) is 0 Å². The number of hydrogen-bond donors (Lipinski definition) is 1. The number of thioether (sulfide) groups is 1. The zero-order chi connectivity index (χ0) is 18.4. The molecule has 1 aromatic heterocycles. The van der Waals surface area contributed by atoms with E-state index in [-0.39, 0.29) is 30.9 Å². The van der Waals surface area contributed by atoms with Crippen molar-refractivity contribution >= 4 is 34.6 Å². The smallest absolute Gasteiger partial charge is 0.243 e. The average Bonchev–Trinajstić information content (AvgIpc) is 2.90. The molecule has 0 atom stereocenters. The van der Waals surface area contributed by atoms with Crippen LogP contribution in [0.5, 0.6) is 0 Å². The van der Waals surface area contributed by atoms with Gasteiger partial charge < -0.3 is 14.8 Å². The molecule has 1 N–H and O–H groups in total. The Morgan fingerprint density at radius 1 is 1.32 bits per heavy atom. The minimum atomic E-state index is -0.134. The number of imidazole rings is 1. The zero-order valence-electron chi connectivity index (χ0n) is 15.3. The first kappa shape index (κ1) is 19.3. The number of nitrogens with one attached hydrogen (secondary N) is 1. The molecule has 7 heteroatoms. The first-order valence-electron chi connectivity index (χ1n) is 8.46. The van der Waals surface area contributed by atoms with Gasteiger partial charge in [-0.15, -0.1) is 0 Å². The summed E-state index contributed by atoms with van der Waals surface area (Å²) in [4.78, 5) is 30.9. The van der Waals surface area contributed by atoms with E-state index in [1.807, 2.05) is 55.9 Å². The van der Waals surface area contributed by atoms with Crippen LogP contribution in [0.15, 0.2) is 24.3 Å². The van der Waals surface area contributed by atoms with Gasteiger partial charge in [-0.1, -0.05) is 12.1 Å². The van der Waals surface area contributed by atoms with Gasteiger partial charge >= 0.3 is 0 Å². The second kappa shape index (κ2) is 8.89. The van der Waals surface area contributed by atoms with Crippen molar-refractivity contribution in [2.45, 2.75) is 39.1 Å². The van der Waals surface area contributed by atoms with E-state index >= 15 is 0 Å². The highest BCUT2D eigenvalue weighted by Gasteiger charge is 2.19. The largest absolute Gasteiger partial charge is 0.352 e. The van der Waals surface area contributed by atoms with Crippen LogP contribution in [0.25, 0.3) is 11.0 Å². The van der Waals surface area contributed by atoms with Crippen molar-refractivity contribution in [2.75, 3.05) is 19.3 Å². The van der Waals surface area contributed by atoms with Crippen molar-refractivity contribution in [1.29, 1.82) is 0 Å². The lowest BCUT2D eigenvalue weighted by Gasteiger charge is -2.22. The van der Waals surface area contributed by atoms with E-state index in [0.29, 0.717) is 6.54 Å². The van der Waals surface area contributed by atoms with Gasteiger partial charge in [-0.3, -0.25) is 9.59 Å². The quantitative estimate of drug-likeness (QED) is 0.782. The Kier molecular flexibility index (Phi) is 6.87. The molecule has 0 aliphatic rings. The van der Waals surface area contributed by atoms with Crippen LogP contribution in [0.1, 0.15) is 26.6 Å². The molecule has 2 rings (SSSR count). The first-order valence-corrected chi connectivity index (χ1v) is 9.85. The monoisotopic (exact) mass is 362 g/mol. The highest BCUT2D eigenvalue weighted by Crippen LogP contribution is 2.19. The maximum atomic E-state index is 12.8. The molecule has 1 aromatic carbocycles. The van der Waals surface area contributed by atoms with Gasteiger partial charge in [-0.25, -0.2) is 4.98 Å². The van der Waals surface area contributed by atoms with E-state index in [1.165, 1.54) is 0 Å². The highest BCUT2D eigenvalue weighted by molar-refractivity contribution is 7.97.